The van der Waals surface area contributed by atoms with Crippen molar-refractivity contribution in [3.63, 3.8) is 0 Å². The van der Waals surface area contributed by atoms with Gasteiger partial charge in [-0.05, 0) is 55.7 Å². The van der Waals surface area contributed by atoms with Crippen LogP contribution in [0.1, 0.15) is 44.1 Å². The maximum atomic E-state index is 12.9. The molecule has 2 heterocycles. The lowest BCUT2D eigenvalue weighted by Gasteiger charge is -2.35. The Bertz CT molecular complexity index is 621. The van der Waals surface area contributed by atoms with E-state index in [1.807, 2.05) is 4.90 Å². The van der Waals surface area contributed by atoms with E-state index in [-0.39, 0.29) is 23.5 Å². The molecule has 148 valence electrons. The molecule has 0 aromatic heterocycles. The van der Waals surface area contributed by atoms with Crippen molar-refractivity contribution < 1.29 is 18.7 Å². The molecule has 3 rings (SSSR count). The first kappa shape index (κ1) is 19.8. The Morgan fingerprint density at radius 1 is 1.07 bits per heavy atom. The van der Waals surface area contributed by atoms with Gasteiger partial charge in [-0.2, -0.15) is 0 Å². The fourth-order valence-electron chi connectivity index (χ4n) is 3.87. The highest BCUT2D eigenvalue weighted by atomic mass is 19.1. The molecular weight excluding hydrogens is 347 g/mol. The minimum Gasteiger partial charge on any atom is -0.381 e. The number of amides is 2. The van der Waals surface area contributed by atoms with Crippen molar-refractivity contribution in [2.75, 3.05) is 26.3 Å². The highest BCUT2D eigenvalue weighted by Gasteiger charge is 2.29. The summed E-state index contributed by atoms with van der Waals surface area (Å²) in [6.07, 6.45) is 4.98. The summed E-state index contributed by atoms with van der Waals surface area (Å²) < 4.78 is 18.2. The van der Waals surface area contributed by atoms with Crippen LogP contribution in [0.15, 0.2) is 24.3 Å². The van der Waals surface area contributed by atoms with Crippen LogP contribution in [0.3, 0.4) is 0 Å². The van der Waals surface area contributed by atoms with Crippen molar-refractivity contribution in [3.05, 3.63) is 35.6 Å². The summed E-state index contributed by atoms with van der Waals surface area (Å²) in [4.78, 5) is 26.6. The van der Waals surface area contributed by atoms with Crippen LogP contribution in [-0.2, 0) is 20.9 Å². The van der Waals surface area contributed by atoms with Crippen LogP contribution in [0.5, 0.6) is 0 Å². The molecule has 2 aliphatic heterocycles. The average molecular weight is 376 g/mol. The highest BCUT2D eigenvalue weighted by molar-refractivity contribution is 5.79. The largest absolute Gasteiger partial charge is 0.381 e. The average Bonchev–Trinajstić information content (AvgIpc) is 2.72. The van der Waals surface area contributed by atoms with Gasteiger partial charge in [-0.3, -0.25) is 9.59 Å². The Hall–Kier alpha value is -1.95. The highest BCUT2D eigenvalue weighted by Crippen LogP contribution is 2.25. The number of likely N-dealkylation sites (tertiary alicyclic amines) is 1. The predicted octanol–water partition coefficient (Wildman–Crippen LogP) is 2.89. The van der Waals surface area contributed by atoms with Gasteiger partial charge in [0.05, 0.1) is 0 Å². The van der Waals surface area contributed by atoms with Crippen LogP contribution in [0.4, 0.5) is 4.39 Å². The van der Waals surface area contributed by atoms with Gasteiger partial charge in [0.15, 0.2) is 0 Å². The van der Waals surface area contributed by atoms with Crippen LogP contribution in [0.25, 0.3) is 0 Å². The van der Waals surface area contributed by atoms with Crippen LogP contribution in [0, 0.1) is 17.7 Å². The van der Waals surface area contributed by atoms with E-state index >= 15 is 0 Å². The number of piperidine rings is 1. The number of benzene rings is 1. The van der Waals surface area contributed by atoms with Gasteiger partial charge in [0.1, 0.15) is 5.82 Å². The topological polar surface area (TPSA) is 58.6 Å². The summed E-state index contributed by atoms with van der Waals surface area (Å²) in [5, 5.41) is 2.89. The molecule has 1 aromatic rings. The van der Waals surface area contributed by atoms with Crippen molar-refractivity contribution in [2.24, 2.45) is 11.8 Å². The maximum Gasteiger partial charge on any atom is 0.225 e. The quantitative estimate of drug-likeness (QED) is 0.831. The monoisotopic (exact) mass is 376 g/mol. The second-order valence-corrected chi connectivity index (χ2v) is 7.60. The molecule has 2 fully saturated rings. The van der Waals surface area contributed by atoms with E-state index in [1.165, 1.54) is 12.1 Å². The second kappa shape index (κ2) is 9.83. The summed E-state index contributed by atoms with van der Waals surface area (Å²) in [7, 11) is 0. The zero-order valence-electron chi connectivity index (χ0n) is 15.8. The zero-order chi connectivity index (χ0) is 19.1. The Morgan fingerprint density at radius 2 is 1.74 bits per heavy atom. The molecule has 0 unspecified atom stereocenters. The number of rotatable bonds is 6. The SMILES string of the molecule is O=C(CCC1CCN(C(=O)C2CCOCC2)CC1)NCc1ccc(F)cc1. The van der Waals surface area contributed by atoms with Crippen molar-refractivity contribution in [1.29, 1.82) is 0 Å². The van der Waals surface area contributed by atoms with Crippen LogP contribution < -0.4 is 5.32 Å². The number of ether oxygens (including phenoxy) is 1. The molecule has 2 aliphatic rings. The van der Waals surface area contributed by atoms with Crippen molar-refractivity contribution in [1.82, 2.24) is 10.2 Å². The molecular formula is C21H29FN2O3. The van der Waals surface area contributed by atoms with Gasteiger partial charge >= 0.3 is 0 Å². The van der Waals surface area contributed by atoms with Gasteiger partial charge < -0.3 is 15.0 Å². The normalized spacial score (nSPS) is 19.1. The number of carbonyl (C=O) groups excluding carboxylic acids is 2. The molecule has 0 saturated carbocycles. The number of hydrogen-bond acceptors (Lipinski definition) is 3. The Labute approximate surface area is 160 Å². The van der Waals surface area contributed by atoms with E-state index < -0.39 is 0 Å². The fraction of sp³-hybridized carbons (Fsp3) is 0.619. The zero-order valence-corrected chi connectivity index (χ0v) is 15.8. The Kier molecular flexibility index (Phi) is 7.21. The lowest BCUT2D eigenvalue weighted by atomic mass is 9.90. The molecule has 2 amide bonds. The molecule has 0 radical (unpaired) electrons. The van der Waals surface area contributed by atoms with E-state index in [0.717, 1.165) is 50.8 Å². The molecule has 27 heavy (non-hydrogen) atoms. The third-order valence-electron chi connectivity index (χ3n) is 5.68. The van der Waals surface area contributed by atoms with E-state index in [4.69, 9.17) is 4.74 Å². The molecule has 0 bridgehead atoms. The van der Waals surface area contributed by atoms with Crippen LogP contribution in [0.2, 0.25) is 0 Å². The number of halogens is 1. The lowest BCUT2D eigenvalue weighted by Crippen LogP contribution is -2.43. The second-order valence-electron chi connectivity index (χ2n) is 7.60. The lowest BCUT2D eigenvalue weighted by molar-refractivity contribution is -0.140. The van der Waals surface area contributed by atoms with E-state index in [0.29, 0.717) is 32.1 Å². The van der Waals surface area contributed by atoms with Gasteiger partial charge in [0, 0.05) is 45.2 Å². The molecule has 0 spiro atoms. The van der Waals surface area contributed by atoms with Gasteiger partial charge in [0.2, 0.25) is 11.8 Å². The fourth-order valence-corrected chi connectivity index (χ4v) is 3.87. The first-order valence-corrected chi connectivity index (χ1v) is 9.99. The van der Waals surface area contributed by atoms with Crippen molar-refractivity contribution in [3.8, 4) is 0 Å². The van der Waals surface area contributed by atoms with Crippen LogP contribution in [-0.4, -0.2) is 43.0 Å². The Balaban J connectivity index is 1.32. The number of nitrogens with zero attached hydrogens (tertiary/aromatic N) is 1. The molecule has 5 nitrogen and oxygen atoms in total. The first-order valence-electron chi connectivity index (χ1n) is 9.99. The molecule has 6 heteroatoms. The number of nitrogens with one attached hydrogen (secondary N) is 1. The molecule has 0 aliphatic carbocycles. The number of hydrogen-bond donors (Lipinski definition) is 1. The van der Waals surface area contributed by atoms with Gasteiger partial charge in [0.25, 0.3) is 0 Å². The van der Waals surface area contributed by atoms with Crippen molar-refractivity contribution in [2.45, 2.75) is 45.1 Å². The molecule has 1 N–H and O–H groups in total. The first-order chi connectivity index (χ1) is 13.1. The van der Waals surface area contributed by atoms with Crippen LogP contribution >= 0.6 is 0 Å². The van der Waals surface area contributed by atoms with E-state index in [1.54, 1.807) is 12.1 Å². The minimum absolute atomic E-state index is 0.0278. The summed E-state index contributed by atoms with van der Waals surface area (Å²) >= 11 is 0. The standard InChI is InChI=1S/C21H29FN2O3/c22-19-4-1-17(2-5-19)15-23-20(25)6-3-16-7-11-24(12-8-16)21(26)18-9-13-27-14-10-18/h1-2,4-5,16,18H,3,6-15H2,(H,23,25). The Morgan fingerprint density at radius 3 is 2.41 bits per heavy atom. The molecule has 2 saturated heterocycles. The van der Waals surface area contributed by atoms with E-state index in [2.05, 4.69) is 5.32 Å². The van der Waals surface area contributed by atoms with Gasteiger partial charge in [-0.15, -0.1) is 0 Å². The molecule has 1 aromatic carbocycles. The van der Waals surface area contributed by atoms with E-state index in [9.17, 15) is 14.0 Å². The molecule has 0 atom stereocenters. The summed E-state index contributed by atoms with van der Waals surface area (Å²) in [6, 6.07) is 6.16. The minimum atomic E-state index is -0.272. The summed E-state index contributed by atoms with van der Waals surface area (Å²) in [5.74, 6) is 0.674. The van der Waals surface area contributed by atoms with Gasteiger partial charge in [-0.1, -0.05) is 12.1 Å². The van der Waals surface area contributed by atoms with Crippen molar-refractivity contribution >= 4 is 11.8 Å². The summed E-state index contributed by atoms with van der Waals surface area (Å²) in [5.41, 5.74) is 0.893. The summed E-state index contributed by atoms with van der Waals surface area (Å²) in [6.45, 7) is 3.42. The third-order valence-corrected chi connectivity index (χ3v) is 5.68. The maximum absolute atomic E-state index is 12.9. The number of carbonyl (C=O) groups is 2. The van der Waals surface area contributed by atoms with Gasteiger partial charge in [-0.25, -0.2) is 4.39 Å². The third kappa shape index (κ3) is 6.03. The predicted molar refractivity (Wildman–Crippen MR) is 100 cm³/mol. The smallest absolute Gasteiger partial charge is 0.225 e.